The van der Waals surface area contributed by atoms with E-state index in [0.29, 0.717) is 16.5 Å². The Morgan fingerprint density at radius 3 is 2.89 bits per heavy atom. The third-order valence-corrected chi connectivity index (χ3v) is 2.59. The van der Waals surface area contributed by atoms with E-state index >= 15 is 0 Å². The van der Waals surface area contributed by atoms with Crippen molar-refractivity contribution in [1.82, 2.24) is 9.97 Å². The number of benzene rings is 1. The largest absolute Gasteiger partial charge is 0.422 e. The summed E-state index contributed by atoms with van der Waals surface area (Å²) in [6.07, 6.45) is 5.83. The van der Waals surface area contributed by atoms with Gasteiger partial charge in [-0.3, -0.25) is 0 Å². The molecule has 1 heterocycles. The van der Waals surface area contributed by atoms with E-state index in [-0.39, 0.29) is 0 Å². The van der Waals surface area contributed by atoms with Crippen LogP contribution in [0.2, 0.25) is 5.02 Å². The predicted octanol–water partition coefficient (Wildman–Crippen LogP) is 3.06. The van der Waals surface area contributed by atoms with E-state index in [0.717, 1.165) is 5.56 Å². The van der Waals surface area contributed by atoms with Gasteiger partial charge in [-0.25, -0.2) is 14.8 Å². The molecule has 0 amide bonds. The highest BCUT2D eigenvalue weighted by Gasteiger charge is 2.05. The number of carbonyl (C=O) groups is 1. The molecule has 19 heavy (non-hydrogen) atoms. The van der Waals surface area contributed by atoms with Gasteiger partial charge in [0, 0.05) is 12.3 Å². The van der Waals surface area contributed by atoms with Gasteiger partial charge >= 0.3 is 5.97 Å². The third kappa shape index (κ3) is 3.89. The van der Waals surface area contributed by atoms with E-state index in [9.17, 15) is 4.79 Å². The maximum atomic E-state index is 11.6. The molecule has 96 valence electrons. The van der Waals surface area contributed by atoms with Gasteiger partial charge in [-0.05, 0) is 36.8 Å². The number of aryl methyl sites for hydroxylation is 1. The Morgan fingerprint density at radius 1 is 1.37 bits per heavy atom. The van der Waals surface area contributed by atoms with E-state index in [1.807, 2.05) is 13.0 Å². The summed E-state index contributed by atoms with van der Waals surface area (Å²) in [5, 5.41) is 0.406. The Hall–Kier alpha value is -2.20. The minimum absolute atomic E-state index is 0.338. The van der Waals surface area contributed by atoms with E-state index in [1.165, 1.54) is 12.4 Å². The number of rotatable bonds is 3. The van der Waals surface area contributed by atoms with Gasteiger partial charge in [-0.15, -0.1) is 0 Å². The quantitative estimate of drug-likeness (QED) is 0.490. The first kappa shape index (κ1) is 13.2. The van der Waals surface area contributed by atoms with Crippen molar-refractivity contribution in [2.75, 3.05) is 0 Å². The fraction of sp³-hybridized carbons (Fsp3) is 0.0714. The van der Waals surface area contributed by atoms with Crippen LogP contribution in [0.3, 0.4) is 0 Å². The molecular weight excluding hydrogens is 264 g/mol. The first-order chi connectivity index (χ1) is 9.15. The fourth-order valence-electron chi connectivity index (χ4n) is 1.38. The number of hydrogen-bond acceptors (Lipinski definition) is 4. The van der Waals surface area contributed by atoms with E-state index in [1.54, 1.807) is 30.5 Å². The van der Waals surface area contributed by atoms with Crippen molar-refractivity contribution in [3.63, 3.8) is 0 Å². The lowest BCUT2D eigenvalue weighted by molar-refractivity contribution is -0.128. The number of halogens is 1. The van der Waals surface area contributed by atoms with Gasteiger partial charge in [0.1, 0.15) is 12.1 Å². The van der Waals surface area contributed by atoms with Gasteiger partial charge in [0.2, 0.25) is 0 Å². The first-order valence-corrected chi connectivity index (χ1v) is 5.95. The molecule has 0 aliphatic carbocycles. The number of aromatic nitrogens is 2. The topological polar surface area (TPSA) is 52.1 Å². The predicted molar refractivity (Wildman–Crippen MR) is 72.9 cm³/mol. The normalized spacial score (nSPS) is 10.6. The van der Waals surface area contributed by atoms with Crippen molar-refractivity contribution in [2.45, 2.75) is 6.92 Å². The Bertz CT molecular complexity index is 612. The maximum absolute atomic E-state index is 11.6. The molecule has 0 unspecified atom stereocenters. The van der Waals surface area contributed by atoms with Crippen LogP contribution in [-0.2, 0) is 4.79 Å². The number of ether oxygens (including phenoxy) is 1. The second-order valence-corrected chi connectivity index (χ2v) is 4.23. The zero-order chi connectivity index (χ0) is 13.7. The molecule has 0 saturated heterocycles. The molecule has 0 aliphatic rings. The highest BCUT2D eigenvalue weighted by Crippen LogP contribution is 2.25. The zero-order valence-corrected chi connectivity index (χ0v) is 11.0. The summed E-state index contributed by atoms with van der Waals surface area (Å²) >= 11 is 5.97. The third-order valence-electron chi connectivity index (χ3n) is 2.29. The lowest BCUT2D eigenvalue weighted by Gasteiger charge is -2.04. The van der Waals surface area contributed by atoms with Crippen LogP contribution in [-0.4, -0.2) is 15.9 Å². The molecular formula is C14H11ClN2O2. The lowest BCUT2D eigenvalue weighted by atomic mass is 10.2. The van der Waals surface area contributed by atoms with Crippen LogP contribution in [0.4, 0.5) is 0 Å². The van der Waals surface area contributed by atoms with Crippen LogP contribution in [0, 0.1) is 6.92 Å². The molecule has 1 aromatic heterocycles. The molecule has 5 heteroatoms. The molecule has 0 N–H and O–H groups in total. The molecule has 4 nitrogen and oxygen atoms in total. The zero-order valence-electron chi connectivity index (χ0n) is 10.2. The van der Waals surface area contributed by atoms with Crippen LogP contribution in [0.1, 0.15) is 11.3 Å². The minimum atomic E-state index is -0.510. The summed E-state index contributed by atoms with van der Waals surface area (Å²) in [5.41, 5.74) is 1.63. The molecule has 1 aromatic carbocycles. The molecule has 0 bridgehead atoms. The maximum Gasteiger partial charge on any atom is 0.336 e. The van der Waals surface area contributed by atoms with E-state index in [2.05, 4.69) is 9.97 Å². The SMILES string of the molecule is Cc1ccc(OC(=O)/C=C/c2ccncn2)c(Cl)c1. The molecule has 0 aliphatic heterocycles. The Balaban J connectivity index is 2.04. The molecule has 2 rings (SSSR count). The van der Waals surface area contributed by atoms with Gasteiger partial charge in [0.25, 0.3) is 0 Å². The van der Waals surface area contributed by atoms with E-state index < -0.39 is 5.97 Å². The van der Waals surface area contributed by atoms with Crippen molar-refractivity contribution in [3.8, 4) is 5.75 Å². The average molecular weight is 275 g/mol. The molecule has 0 saturated carbocycles. The molecule has 0 spiro atoms. The number of hydrogen-bond donors (Lipinski definition) is 0. The van der Waals surface area contributed by atoms with Crippen molar-refractivity contribution in [3.05, 3.63) is 59.1 Å². The van der Waals surface area contributed by atoms with Crippen molar-refractivity contribution < 1.29 is 9.53 Å². The molecule has 0 fully saturated rings. The van der Waals surface area contributed by atoms with Gasteiger partial charge < -0.3 is 4.74 Å². The van der Waals surface area contributed by atoms with Crippen LogP contribution in [0.15, 0.2) is 42.9 Å². The first-order valence-electron chi connectivity index (χ1n) is 5.57. The Kier molecular flexibility index (Phi) is 4.26. The van der Waals surface area contributed by atoms with Crippen molar-refractivity contribution in [1.29, 1.82) is 0 Å². The number of esters is 1. The summed E-state index contributed by atoms with van der Waals surface area (Å²) in [4.78, 5) is 19.3. The van der Waals surface area contributed by atoms with Gasteiger partial charge in [-0.1, -0.05) is 17.7 Å². The fourth-order valence-corrected chi connectivity index (χ4v) is 1.66. The summed E-state index contributed by atoms with van der Waals surface area (Å²) in [6.45, 7) is 1.91. The average Bonchev–Trinajstić information content (AvgIpc) is 2.41. The molecule has 0 atom stereocenters. The van der Waals surface area contributed by atoms with Crippen LogP contribution >= 0.6 is 11.6 Å². The number of nitrogens with zero attached hydrogens (tertiary/aromatic N) is 2. The summed E-state index contributed by atoms with van der Waals surface area (Å²) in [6, 6.07) is 6.90. The standard InChI is InChI=1S/C14H11ClN2O2/c1-10-2-4-13(12(15)8-10)19-14(18)5-3-11-6-7-16-9-17-11/h2-9H,1H3/b5-3+. The Labute approximate surface area is 115 Å². The van der Waals surface area contributed by atoms with Gasteiger partial charge in [0.05, 0.1) is 10.7 Å². The van der Waals surface area contributed by atoms with E-state index in [4.69, 9.17) is 16.3 Å². The summed E-state index contributed by atoms with van der Waals surface area (Å²) in [7, 11) is 0. The van der Waals surface area contributed by atoms with Gasteiger partial charge in [-0.2, -0.15) is 0 Å². The summed E-state index contributed by atoms with van der Waals surface area (Å²) < 4.78 is 5.12. The smallest absolute Gasteiger partial charge is 0.336 e. The monoisotopic (exact) mass is 274 g/mol. The highest BCUT2D eigenvalue weighted by atomic mass is 35.5. The second-order valence-electron chi connectivity index (χ2n) is 3.82. The van der Waals surface area contributed by atoms with Crippen LogP contribution in [0.25, 0.3) is 6.08 Å². The van der Waals surface area contributed by atoms with Crippen LogP contribution < -0.4 is 4.74 Å². The second kappa shape index (κ2) is 6.11. The van der Waals surface area contributed by atoms with Crippen molar-refractivity contribution in [2.24, 2.45) is 0 Å². The highest BCUT2D eigenvalue weighted by molar-refractivity contribution is 6.32. The Morgan fingerprint density at radius 2 is 2.21 bits per heavy atom. The van der Waals surface area contributed by atoms with Gasteiger partial charge in [0.15, 0.2) is 0 Å². The summed E-state index contributed by atoms with van der Waals surface area (Å²) in [5.74, 6) is -0.172. The molecule has 0 radical (unpaired) electrons. The lowest BCUT2D eigenvalue weighted by Crippen LogP contribution is -2.04. The van der Waals surface area contributed by atoms with Crippen molar-refractivity contribution >= 4 is 23.6 Å². The molecule has 2 aromatic rings. The minimum Gasteiger partial charge on any atom is -0.422 e. The number of carbonyl (C=O) groups excluding carboxylic acids is 1. The van der Waals surface area contributed by atoms with Crippen LogP contribution in [0.5, 0.6) is 5.75 Å².